The van der Waals surface area contributed by atoms with Crippen molar-refractivity contribution in [1.82, 2.24) is 4.98 Å². The normalized spacial score (nSPS) is 18.0. The van der Waals surface area contributed by atoms with E-state index < -0.39 is 0 Å². The van der Waals surface area contributed by atoms with E-state index in [0.717, 1.165) is 25.7 Å². The number of amides is 1. The number of aromatic nitrogens is 1. The summed E-state index contributed by atoms with van der Waals surface area (Å²) in [7, 11) is 0. The third-order valence-corrected chi connectivity index (χ3v) is 4.22. The van der Waals surface area contributed by atoms with Crippen LogP contribution in [0.5, 0.6) is 0 Å². The fraction of sp³-hybridized carbons (Fsp3) is 0.571. The van der Waals surface area contributed by atoms with Gasteiger partial charge >= 0.3 is 0 Å². The van der Waals surface area contributed by atoms with Crippen LogP contribution in [0.3, 0.4) is 0 Å². The molecule has 5 heteroatoms. The van der Waals surface area contributed by atoms with Crippen LogP contribution >= 0.6 is 11.6 Å². The van der Waals surface area contributed by atoms with Crippen molar-refractivity contribution < 1.29 is 4.79 Å². The molecule has 19 heavy (non-hydrogen) atoms. The van der Waals surface area contributed by atoms with Crippen molar-refractivity contribution in [2.24, 2.45) is 11.1 Å². The van der Waals surface area contributed by atoms with Crippen molar-refractivity contribution in [3.63, 3.8) is 0 Å². The molecule has 0 saturated heterocycles. The molecule has 0 unspecified atom stereocenters. The monoisotopic (exact) mass is 281 g/mol. The maximum Gasteiger partial charge on any atom is 0.225 e. The van der Waals surface area contributed by atoms with Gasteiger partial charge in [-0.15, -0.1) is 0 Å². The third-order valence-electron chi connectivity index (χ3n) is 3.92. The SMILES string of the molecule is NCC1(CC(=O)Nc2cccnc2Cl)CCCCC1. The molecule has 104 valence electrons. The lowest BCUT2D eigenvalue weighted by Crippen LogP contribution is -2.36. The van der Waals surface area contributed by atoms with E-state index in [0.29, 0.717) is 23.8 Å². The van der Waals surface area contributed by atoms with Crippen LogP contribution in [-0.4, -0.2) is 17.4 Å². The number of carbonyl (C=O) groups excluding carboxylic acids is 1. The number of hydrogen-bond acceptors (Lipinski definition) is 3. The maximum absolute atomic E-state index is 12.1. The number of halogens is 1. The first-order chi connectivity index (χ1) is 9.15. The lowest BCUT2D eigenvalue weighted by Gasteiger charge is -2.35. The van der Waals surface area contributed by atoms with Crippen molar-refractivity contribution in [1.29, 1.82) is 0 Å². The second-order valence-electron chi connectivity index (χ2n) is 5.33. The highest BCUT2D eigenvalue weighted by atomic mass is 35.5. The number of rotatable bonds is 4. The third kappa shape index (κ3) is 3.67. The zero-order valence-corrected chi connectivity index (χ0v) is 11.7. The Labute approximate surface area is 118 Å². The summed E-state index contributed by atoms with van der Waals surface area (Å²) >= 11 is 5.93. The van der Waals surface area contributed by atoms with Crippen LogP contribution in [0.2, 0.25) is 5.15 Å². The summed E-state index contributed by atoms with van der Waals surface area (Å²) in [6.45, 7) is 0.571. The van der Waals surface area contributed by atoms with Crippen LogP contribution in [0.1, 0.15) is 38.5 Å². The highest BCUT2D eigenvalue weighted by molar-refractivity contribution is 6.32. The minimum absolute atomic E-state index is 0.0257. The zero-order valence-electron chi connectivity index (χ0n) is 11.0. The van der Waals surface area contributed by atoms with Gasteiger partial charge in [0.05, 0.1) is 5.69 Å². The van der Waals surface area contributed by atoms with Crippen molar-refractivity contribution in [3.8, 4) is 0 Å². The topological polar surface area (TPSA) is 68.0 Å². The number of nitrogens with one attached hydrogen (secondary N) is 1. The molecule has 0 aromatic carbocycles. The summed E-state index contributed by atoms with van der Waals surface area (Å²) in [5.74, 6) is -0.0257. The summed E-state index contributed by atoms with van der Waals surface area (Å²) in [6.07, 6.45) is 7.72. The Morgan fingerprint density at radius 2 is 2.16 bits per heavy atom. The molecule has 1 fully saturated rings. The molecule has 1 saturated carbocycles. The van der Waals surface area contributed by atoms with Crippen LogP contribution in [0.15, 0.2) is 18.3 Å². The van der Waals surface area contributed by atoms with Crippen molar-refractivity contribution >= 4 is 23.2 Å². The maximum atomic E-state index is 12.1. The molecule has 1 aliphatic carbocycles. The van der Waals surface area contributed by atoms with Gasteiger partial charge in [0.1, 0.15) is 0 Å². The Bertz CT molecular complexity index is 444. The molecule has 1 aromatic heterocycles. The molecule has 1 amide bonds. The molecule has 0 atom stereocenters. The summed E-state index contributed by atoms with van der Waals surface area (Å²) in [4.78, 5) is 16.1. The first kappa shape index (κ1) is 14.3. The standard InChI is InChI=1S/C14H20ClN3O/c15-13-11(5-4-8-17-13)18-12(19)9-14(10-16)6-2-1-3-7-14/h4-5,8H,1-3,6-7,9-10,16H2,(H,18,19). The predicted molar refractivity (Wildman–Crippen MR) is 77.1 cm³/mol. The van der Waals surface area contributed by atoms with Crippen molar-refractivity contribution in [2.75, 3.05) is 11.9 Å². The predicted octanol–water partition coefficient (Wildman–Crippen LogP) is 2.97. The quantitative estimate of drug-likeness (QED) is 0.834. The van der Waals surface area contributed by atoms with E-state index in [1.165, 1.54) is 6.42 Å². The average Bonchev–Trinajstić information content (AvgIpc) is 2.42. The van der Waals surface area contributed by atoms with Crippen LogP contribution < -0.4 is 11.1 Å². The molecule has 0 aliphatic heterocycles. The van der Waals surface area contributed by atoms with Crippen LogP contribution in [0.4, 0.5) is 5.69 Å². The molecular weight excluding hydrogens is 262 g/mol. The van der Waals surface area contributed by atoms with E-state index in [4.69, 9.17) is 17.3 Å². The highest BCUT2D eigenvalue weighted by Crippen LogP contribution is 2.38. The lowest BCUT2D eigenvalue weighted by atomic mass is 9.71. The number of hydrogen-bond donors (Lipinski definition) is 2. The van der Waals surface area contributed by atoms with Gasteiger partial charge in [0.15, 0.2) is 5.15 Å². The van der Waals surface area contributed by atoms with Gasteiger partial charge < -0.3 is 11.1 Å². The first-order valence-corrected chi connectivity index (χ1v) is 7.13. The number of carbonyl (C=O) groups is 1. The Balaban J connectivity index is 1.98. The van der Waals surface area contributed by atoms with E-state index in [-0.39, 0.29) is 11.3 Å². The average molecular weight is 282 g/mol. The van der Waals surface area contributed by atoms with Crippen LogP contribution in [0.25, 0.3) is 0 Å². The largest absolute Gasteiger partial charge is 0.330 e. The molecule has 2 rings (SSSR count). The molecule has 0 bridgehead atoms. The number of nitrogens with two attached hydrogens (primary N) is 1. The Kier molecular flexibility index (Phi) is 4.77. The van der Waals surface area contributed by atoms with E-state index in [2.05, 4.69) is 10.3 Å². The summed E-state index contributed by atoms with van der Waals surface area (Å²) < 4.78 is 0. The summed E-state index contributed by atoms with van der Waals surface area (Å²) in [6, 6.07) is 3.50. The van der Waals surface area contributed by atoms with E-state index in [9.17, 15) is 4.79 Å². The molecular formula is C14H20ClN3O. The molecule has 0 spiro atoms. The number of nitrogens with zero attached hydrogens (tertiary/aromatic N) is 1. The first-order valence-electron chi connectivity index (χ1n) is 6.76. The van der Waals surface area contributed by atoms with Gasteiger partial charge in [-0.25, -0.2) is 4.98 Å². The second-order valence-corrected chi connectivity index (χ2v) is 5.69. The van der Waals surface area contributed by atoms with E-state index in [1.54, 1.807) is 18.3 Å². The molecule has 1 aromatic rings. The minimum atomic E-state index is -0.0307. The van der Waals surface area contributed by atoms with Gasteiger partial charge in [-0.1, -0.05) is 30.9 Å². The van der Waals surface area contributed by atoms with Crippen molar-refractivity contribution in [2.45, 2.75) is 38.5 Å². The Morgan fingerprint density at radius 3 is 2.79 bits per heavy atom. The van der Waals surface area contributed by atoms with Crippen LogP contribution in [0, 0.1) is 5.41 Å². The molecule has 1 aliphatic rings. The van der Waals surface area contributed by atoms with Gasteiger partial charge in [-0.3, -0.25) is 4.79 Å². The molecule has 0 radical (unpaired) electrons. The van der Waals surface area contributed by atoms with E-state index >= 15 is 0 Å². The number of anilines is 1. The molecule has 3 N–H and O–H groups in total. The zero-order chi connectivity index (χ0) is 13.7. The fourth-order valence-electron chi connectivity index (χ4n) is 2.77. The second kappa shape index (κ2) is 6.35. The Hall–Kier alpha value is -1.13. The molecule has 4 nitrogen and oxygen atoms in total. The van der Waals surface area contributed by atoms with Crippen molar-refractivity contribution in [3.05, 3.63) is 23.5 Å². The summed E-state index contributed by atoms with van der Waals surface area (Å²) in [5, 5.41) is 3.15. The van der Waals surface area contributed by atoms with Gasteiger partial charge in [-0.05, 0) is 36.9 Å². The van der Waals surface area contributed by atoms with Gasteiger partial charge in [0.25, 0.3) is 0 Å². The smallest absolute Gasteiger partial charge is 0.225 e. The highest BCUT2D eigenvalue weighted by Gasteiger charge is 2.33. The van der Waals surface area contributed by atoms with Gasteiger partial charge in [-0.2, -0.15) is 0 Å². The van der Waals surface area contributed by atoms with Gasteiger partial charge in [0, 0.05) is 12.6 Å². The lowest BCUT2D eigenvalue weighted by molar-refractivity contribution is -0.118. The Morgan fingerprint density at radius 1 is 1.42 bits per heavy atom. The fourth-order valence-corrected chi connectivity index (χ4v) is 2.94. The van der Waals surface area contributed by atoms with Gasteiger partial charge in [0.2, 0.25) is 5.91 Å². The molecule has 1 heterocycles. The number of pyridine rings is 1. The van der Waals surface area contributed by atoms with E-state index in [1.807, 2.05) is 0 Å². The summed E-state index contributed by atoms with van der Waals surface area (Å²) in [5.41, 5.74) is 6.43. The van der Waals surface area contributed by atoms with Crippen LogP contribution in [-0.2, 0) is 4.79 Å². The minimum Gasteiger partial charge on any atom is -0.330 e.